The molecule has 25 heteroatoms. The molecular weight excluding hydrogens is 892 g/mol. The molecule has 2 aliphatic heterocycles. The van der Waals surface area contributed by atoms with Gasteiger partial charge >= 0.3 is 23.9 Å². The number of phenols is 15. The molecule has 2 heterocycles. The molecule has 344 valence electrons. The van der Waals surface area contributed by atoms with Crippen LogP contribution in [0.1, 0.15) is 58.2 Å². The lowest BCUT2D eigenvalue weighted by Crippen LogP contribution is -2.59. The van der Waals surface area contributed by atoms with Gasteiger partial charge in [-0.1, -0.05) is 0 Å². The third-order valence-electron chi connectivity index (χ3n) is 10.2. The van der Waals surface area contributed by atoms with Gasteiger partial charge in [-0.05, 0) is 48.5 Å². The maximum absolute atomic E-state index is 14.3. The van der Waals surface area contributed by atoms with Gasteiger partial charge in [0.25, 0.3) is 0 Å². The molecule has 5 aromatic rings. The largest absolute Gasteiger partial charge is 0.504 e. The van der Waals surface area contributed by atoms with Gasteiger partial charge < -0.3 is 95.5 Å². The summed E-state index contributed by atoms with van der Waals surface area (Å²) in [4.78, 5) is 70.4. The minimum absolute atomic E-state index is 0.400. The summed E-state index contributed by atoms with van der Waals surface area (Å²) in [5, 5.41) is 155. The van der Waals surface area contributed by atoms with Crippen molar-refractivity contribution in [2.45, 2.75) is 31.2 Å². The fourth-order valence-electron chi connectivity index (χ4n) is 6.94. The zero-order chi connectivity index (χ0) is 48.4. The van der Waals surface area contributed by atoms with Gasteiger partial charge in [0.15, 0.2) is 86.6 Å². The van der Waals surface area contributed by atoms with Crippen molar-refractivity contribution in [3.63, 3.8) is 0 Å². The van der Waals surface area contributed by atoms with E-state index in [0.717, 1.165) is 0 Å². The van der Waals surface area contributed by atoms with E-state index in [-0.39, 0.29) is 0 Å². The molecule has 0 amide bonds. The van der Waals surface area contributed by atoms with Gasteiger partial charge in [-0.25, -0.2) is 19.2 Å². The number of phenolic OH excluding ortho intramolecular Hbond substituents is 15. The second-order valence-electron chi connectivity index (χ2n) is 14.3. The van der Waals surface area contributed by atoms with Gasteiger partial charge in [-0.3, -0.25) is 9.53 Å². The van der Waals surface area contributed by atoms with Crippen molar-refractivity contribution >= 4 is 29.7 Å². The molecule has 0 saturated carbocycles. The number of benzene rings is 5. The molecule has 15 N–H and O–H groups in total. The summed E-state index contributed by atoms with van der Waals surface area (Å²) >= 11 is 0. The van der Waals surface area contributed by atoms with Gasteiger partial charge in [-0.15, -0.1) is 0 Å². The molecule has 2 bridgehead atoms. The highest BCUT2D eigenvalue weighted by Crippen LogP contribution is 2.53. The van der Waals surface area contributed by atoms with E-state index in [1.165, 1.54) is 0 Å². The van der Waals surface area contributed by atoms with Crippen LogP contribution in [0.5, 0.6) is 86.2 Å². The molecule has 2 aliphatic rings. The molecule has 0 aliphatic carbocycles. The van der Waals surface area contributed by atoms with E-state index in [1.54, 1.807) is 0 Å². The first kappa shape index (κ1) is 44.7. The average molecular weight is 923 g/mol. The van der Waals surface area contributed by atoms with E-state index >= 15 is 0 Å². The van der Waals surface area contributed by atoms with Gasteiger partial charge in [0, 0.05) is 23.1 Å². The zero-order valence-electron chi connectivity index (χ0n) is 32.5. The summed E-state index contributed by atoms with van der Waals surface area (Å²) < 4.78 is 28.1. The first-order chi connectivity index (χ1) is 31.0. The SMILES string of the molecule is O=C(C[C@@H]1[C@H]2OC(=O)c3cc(O)c(O)c(O)c3-c3c(cc(O)c(O)c3O)C(=O)O[C@H](O2)[C@H](OC(=O)c2cc(O)c(O)c(O)c2)[C@H]1OC(=O)c1cc(O)c(O)c(O)c1)c1cc(O)c(O)c(O)c1. The van der Waals surface area contributed by atoms with Crippen molar-refractivity contribution in [2.75, 3.05) is 0 Å². The molecule has 0 aromatic heterocycles. The van der Waals surface area contributed by atoms with Crippen molar-refractivity contribution in [1.82, 2.24) is 0 Å². The number of aromatic hydroxyl groups is 15. The number of carbonyl (C=O) groups is 5. The minimum atomic E-state index is -2.62. The first-order valence-corrected chi connectivity index (χ1v) is 18.3. The van der Waals surface area contributed by atoms with Crippen molar-refractivity contribution in [2.24, 2.45) is 5.92 Å². The van der Waals surface area contributed by atoms with Gasteiger partial charge in [-0.2, -0.15) is 0 Å². The Hall–Kier alpha value is -9.39. The molecule has 25 nitrogen and oxygen atoms in total. The highest BCUT2D eigenvalue weighted by atomic mass is 16.8. The Labute approximate surface area is 364 Å². The molecule has 66 heavy (non-hydrogen) atoms. The van der Waals surface area contributed by atoms with E-state index in [9.17, 15) is 101 Å². The summed E-state index contributed by atoms with van der Waals surface area (Å²) in [6.07, 6.45) is -11.2. The van der Waals surface area contributed by atoms with E-state index in [1.807, 2.05) is 0 Å². The highest BCUT2D eigenvalue weighted by Gasteiger charge is 2.55. The fourth-order valence-corrected chi connectivity index (χ4v) is 6.94. The topological polar surface area (TPSA) is 435 Å². The Bertz CT molecular complexity index is 2690. The second kappa shape index (κ2) is 16.4. The quantitative estimate of drug-likeness (QED) is 0.0482. The van der Waals surface area contributed by atoms with Crippen LogP contribution in [0.25, 0.3) is 11.1 Å². The van der Waals surface area contributed by atoms with Crippen LogP contribution < -0.4 is 0 Å². The lowest BCUT2D eigenvalue weighted by atomic mass is 9.87. The van der Waals surface area contributed by atoms with Crippen LogP contribution in [0.15, 0.2) is 48.5 Å². The number of hydrogen-bond acceptors (Lipinski definition) is 25. The number of esters is 4. The normalized spacial score (nSPS) is 18.9. The molecule has 0 radical (unpaired) electrons. The van der Waals surface area contributed by atoms with E-state index in [4.69, 9.17) is 23.7 Å². The number of ether oxygens (including phenoxy) is 5. The smallest absolute Gasteiger partial charge is 0.341 e. The molecule has 5 aromatic carbocycles. The molecule has 7 rings (SSSR count). The Morgan fingerprint density at radius 3 is 1.15 bits per heavy atom. The molecule has 0 spiro atoms. The monoisotopic (exact) mass is 922 g/mol. The van der Waals surface area contributed by atoms with E-state index in [2.05, 4.69) is 0 Å². The third-order valence-corrected chi connectivity index (χ3v) is 10.2. The number of fused-ring (bicyclic) bond motifs is 5. The van der Waals surface area contributed by atoms with Crippen molar-refractivity contribution in [1.29, 1.82) is 0 Å². The van der Waals surface area contributed by atoms with Crippen LogP contribution in [0, 0.1) is 5.92 Å². The standard InChI is InChI=1S/C41H30O25/c42-16(10-1-17(43)27(51)18(44)2-10)9-15-34(62-36(58)11-3-19(45)28(52)20(46)4-11)35(63-37(59)12-5-21(47)29(53)22(48)6-12)41-65-39(61)14-8-24(50)31(55)33(57)26(14)25-13(38(60)64-40(15)66-41)7-23(49)30(54)32(25)56/h1-8,15,34-35,40-41,43-57H,9H2/t15-,34-,35+,40-,41+/m0/s1. The number of rotatable bonds is 7. The van der Waals surface area contributed by atoms with Gasteiger partial charge in [0.05, 0.1) is 28.2 Å². The van der Waals surface area contributed by atoms with Gasteiger partial charge in [0.2, 0.25) is 30.2 Å². The predicted octanol–water partition coefficient (Wildman–Crippen LogP) is 2.29. The van der Waals surface area contributed by atoms with Crippen LogP contribution in [0.2, 0.25) is 0 Å². The lowest BCUT2D eigenvalue weighted by molar-refractivity contribution is -0.311. The first-order valence-electron chi connectivity index (χ1n) is 18.3. The lowest BCUT2D eigenvalue weighted by Gasteiger charge is -2.44. The Morgan fingerprint density at radius 1 is 0.424 bits per heavy atom. The van der Waals surface area contributed by atoms with Gasteiger partial charge in [0.1, 0.15) is 0 Å². The summed E-state index contributed by atoms with van der Waals surface area (Å²) in [6.45, 7) is 0. The second-order valence-corrected chi connectivity index (χ2v) is 14.3. The number of ketones is 1. The Kier molecular flexibility index (Phi) is 11.1. The molecule has 1 saturated heterocycles. The number of Topliss-reactive ketones (excluding diaryl/α,β-unsaturated/α-hetero) is 1. The van der Waals surface area contributed by atoms with E-state index in [0.29, 0.717) is 48.5 Å². The number of hydrogen-bond donors (Lipinski definition) is 15. The van der Waals surface area contributed by atoms with Crippen LogP contribution >= 0.6 is 0 Å². The average Bonchev–Trinajstić information content (AvgIpc) is 3.27. The Balaban J connectivity index is 1.48. The highest BCUT2D eigenvalue weighted by molar-refractivity contribution is 6.08. The van der Waals surface area contributed by atoms with Crippen LogP contribution in [0.3, 0.4) is 0 Å². The maximum atomic E-state index is 14.3. The van der Waals surface area contributed by atoms with Crippen LogP contribution in [-0.4, -0.2) is 131 Å². The third kappa shape index (κ3) is 7.72. The van der Waals surface area contributed by atoms with E-state index < -0.39 is 192 Å². The van der Waals surface area contributed by atoms with Crippen molar-refractivity contribution < 1.29 is 124 Å². The van der Waals surface area contributed by atoms with Crippen molar-refractivity contribution in [3.8, 4) is 97.4 Å². The molecule has 5 atom stereocenters. The van der Waals surface area contributed by atoms with Crippen LogP contribution in [-0.2, 0) is 23.7 Å². The summed E-state index contributed by atoms with van der Waals surface area (Å²) in [6, 6.07) is 4.30. The van der Waals surface area contributed by atoms with Crippen molar-refractivity contribution in [3.05, 3.63) is 76.3 Å². The maximum Gasteiger partial charge on any atom is 0.341 e. The van der Waals surface area contributed by atoms with Crippen LogP contribution in [0.4, 0.5) is 0 Å². The molecule has 0 unspecified atom stereocenters. The number of carbonyl (C=O) groups excluding carboxylic acids is 5. The minimum Gasteiger partial charge on any atom is -0.504 e. The Morgan fingerprint density at radius 2 is 0.758 bits per heavy atom. The summed E-state index contributed by atoms with van der Waals surface area (Å²) in [5.41, 5.74) is -6.62. The zero-order valence-corrected chi connectivity index (χ0v) is 32.5. The fraction of sp³-hybridized carbons (Fsp3) is 0.146. The molecule has 1 fully saturated rings. The summed E-state index contributed by atoms with van der Waals surface area (Å²) in [5.74, 6) is -28.3. The molecular formula is C41H30O25. The summed E-state index contributed by atoms with van der Waals surface area (Å²) in [7, 11) is 0. The predicted molar refractivity (Wildman–Crippen MR) is 207 cm³/mol.